The van der Waals surface area contributed by atoms with E-state index in [9.17, 15) is 0 Å². The fraction of sp³-hybridized carbons (Fsp3) is 0.125. The number of hydrogen-bond acceptors (Lipinski definition) is 2. The molecular formula is C8H7N2S-. The number of aromatic nitrogens is 1. The average Bonchev–Trinajstić information content (AvgIpc) is 2.50. The van der Waals surface area contributed by atoms with Crippen LogP contribution in [0, 0.1) is 0 Å². The van der Waals surface area contributed by atoms with Gasteiger partial charge < -0.3 is 5.32 Å². The van der Waals surface area contributed by atoms with Crippen LogP contribution in [0.5, 0.6) is 0 Å². The molecule has 0 fully saturated rings. The summed E-state index contributed by atoms with van der Waals surface area (Å²) >= 11 is 1.65. The molecule has 2 nitrogen and oxygen atoms in total. The number of fused-ring (bicyclic) bond motifs is 1. The Bertz CT molecular complexity index is 367. The largest absolute Gasteiger partial charge is 0.687 e. The van der Waals surface area contributed by atoms with E-state index in [-0.39, 0.29) is 0 Å². The van der Waals surface area contributed by atoms with Crippen LogP contribution in [0.15, 0.2) is 23.7 Å². The van der Waals surface area contributed by atoms with Crippen molar-refractivity contribution in [1.82, 2.24) is 4.98 Å². The summed E-state index contributed by atoms with van der Waals surface area (Å²) < 4.78 is 1.20. The number of benzene rings is 1. The average molecular weight is 163 g/mol. The maximum atomic E-state index is 4.17. The molecule has 0 radical (unpaired) electrons. The number of nitrogens with zero attached hydrogens (tertiary/aromatic N) is 2. The molecule has 0 bridgehead atoms. The summed E-state index contributed by atoms with van der Waals surface area (Å²) in [5, 5.41) is 4.08. The predicted molar refractivity (Wildman–Crippen MR) is 48.6 cm³/mol. The molecule has 2 rings (SSSR count). The van der Waals surface area contributed by atoms with E-state index < -0.39 is 0 Å². The first-order valence-electron chi connectivity index (χ1n) is 3.33. The molecule has 1 aromatic carbocycles. The second-order valence-corrected chi connectivity index (χ2v) is 3.11. The minimum Gasteiger partial charge on any atom is -0.687 e. The minimum atomic E-state index is 1.02. The van der Waals surface area contributed by atoms with Gasteiger partial charge in [0.2, 0.25) is 0 Å². The van der Waals surface area contributed by atoms with Gasteiger partial charge in [-0.25, -0.2) is 4.98 Å². The van der Waals surface area contributed by atoms with Crippen molar-refractivity contribution < 1.29 is 0 Å². The Balaban J connectivity index is 2.67. The first-order valence-corrected chi connectivity index (χ1v) is 4.21. The summed E-state index contributed by atoms with van der Waals surface area (Å²) in [6, 6.07) is 6.02. The zero-order valence-corrected chi connectivity index (χ0v) is 6.93. The highest BCUT2D eigenvalue weighted by atomic mass is 32.1. The summed E-state index contributed by atoms with van der Waals surface area (Å²) in [7, 11) is 1.79. The van der Waals surface area contributed by atoms with Gasteiger partial charge in [-0.3, -0.25) is 0 Å². The Morgan fingerprint density at radius 1 is 1.45 bits per heavy atom. The molecule has 3 heteroatoms. The highest BCUT2D eigenvalue weighted by Gasteiger charge is 1.91. The Kier molecular flexibility index (Phi) is 1.51. The fourth-order valence-electron chi connectivity index (χ4n) is 0.983. The lowest BCUT2D eigenvalue weighted by atomic mass is 10.3. The van der Waals surface area contributed by atoms with E-state index in [4.69, 9.17) is 0 Å². The molecule has 0 atom stereocenters. The van der Waals surface area contributed by atoms with Gasteiger partial charge in [-0.15, -0.1) is 24.1 Å². The molecule has 0 spiro atoms. The number of thiazole rings is 1. The molecule has 0 amide bonds. The lowest BCUT2D eigenvalue weighted by Crippen LogP contribution is -1.67. The monoisotopic (exact) mass is 163 g/mol. The maximum Gasteiger partial charge on any atom is 0.0811 e. The first-order chi connectivity index (χ1) is 5.40. The maximum absolute atomic E-state index is 4.17. The molecule has 2 aromatic rings. The van der Waals surface area contributed by atoms with Gasteiger partial charge in [0.25, 0.3) is 0 Å². The highest BCUT2D eigenvalue weighted by molar-refractivity contribution is 7.16. The van der Waals surface area contributed by atoms with Crippen molar-refractivity contribution in [1.29, 1.82) is 0 Å². The first kappa shape index (κ1) is 6.61. The van der Waals surface area contributed by atoms with Gasteiger partial charge in [0, 0.05) is 0 Å². The summed E-state index contributed by atoms with van der Waals surface area (Å²) in [4.78, 5) is 4.17. The van der Waals surface area contributed by atoms with Crippen LogP contribution in [0.2, 0.25) is 0 Å². The summed E-state index contributed by atoms with van der Waals surface area (Å²) in [6.45, 7) is 0. The van der Waals surface area contributed by atoms with Crippen LogP contribution >= 0.6 is 11.3 Å². The summed E-state index contributed by atoms with van der Waals surface area (Å²) in [6.07, 6.45) is 0. The van der Waals surface area contributed by atoms with Gasteiger partial charge in [-0.1, -0.05) is 12.1 Å². The fourth-order valence-corrected chi connectivity index (χ4v) is 1.69. The van der Waals surface area contributed by atoms with E-state index >= 15 is 0 Å². The third kappa shape index (κ3) is 1.07. The lowest BCUT2D eigenvalue weighted by Gasteiger charge is -2.11. The Hall–Kier alpha value is -1.09. The molecular weight excluding hydrogens is 156 g/mol. The van der Waals surface area contributed by atoms with E-state index in [0.717, 1.165) is 11.2 Å². The van der Waals surface area contributed by atoms with E-state index in [0.29, 0.717) is 0 Å². The van der Waals surface area contributed by atoms with Crippen LogP contribution < -0.4 is 0 Å². The minimum absolute atomic E-state index is 1.02. The quantitative estimate of drug-likeness (QED) is 0.635. The van der Waals surface area contributed by atoms with Gasteiger partial charge in [0.1, 0.15) is 0 Å². The van der Waals surface area contributed by atoms with Gasteiger partial charge in [-0.05, 0) is 6.07 Å². The van der Waals surface area contributed by atoms with Crippen molar-refractivity contribution in [2.45, 2.75) is 0 Å². The van der Waals surface area contributed by atoms with Crippen LogP contribution in [0.4, 0.5) is 5.69 Å². The molecule has 1 aromatic heterocycles. The third-order valence-electron chi connectivity index (χ3n) is 1.57. The lowest BCUT2D eigenvalue weighted by molar-refractivity contribution is 1.50. The topological polar surface area (TPSA) is 27.0 Å². The Labute approximate surface area is 68.9 Å². The molecule has 11 heavy (non-hydrogen) atoms. The van der Waals surface area contributed by atoms with Gasteiger partial charge in [-0.2, -0.15) is 0 Å². The van der Waals surface area contributed by atoms with Crippen molar-refractivity contribution in [3.63, 3.8) is 0 Å². The van der Waals surface area contributed by atoms with Crippen molar-refractivity contribution in [3.8, 4) is 0 Å². The van der Waals surface area contributed by atoms with Crippen LogP contribution in [-0.4, -0.2) is 12.0 Å². The number of hydrogen-bond donors (Lipinski definition) is 0. The molecule has 56 valence electrons. The summed E-state index contributed by atoms with van der Waals surface area (Å²) in [5.41, 5.74) is 3.92. The standard InChI is InChI=1S/C8H7N2S/c1-9-6-2-3-7-8(4-6)11-5-10-7/h2-5H,1H3/q-1. The van der Waals surface area contributed by atoms with Gasteiger partial charge >= 0.3 is 0 Å². The Morgan fingerprint density at radius 2 is 2.36 bits per heavy atom. The van der Waals surface area contributed by atoms with Crippen molar-refractivity contribution in [2.75, 3.05) is 7.05 Å². The molecule has 0 saturated carbocycles. The Morgan fingerprint density at radius 3 is 3.18 bits per heavy atom. The van der Waals surface area contributed by atoms with E-state index in [1.807, 2.05) is 23.7 Å². The smallest absolute Gasteiger partial charge is 0.0811 e. The molecule has 0 aliphatic carbocycles. The SMILES string of the molecule is C[N-]c1ccc2ncsc2c1. The third-order valence-corrected chi connectivity index (χ3v) is 2.36. The van der Waals surface area contributed by atoms with Crippen molar-refractivity contribution >= 4 is 27.2 Å². The van der Waals surface area contributed by atoms with Crippen LogP contribution in [0.25, 0.3) is 15.5 Å². The molecule has 0 N–H and O–H groups in total. The predicted octanol–water partition coefficient (Wildman–Crippen LogP) is 2.93. The summed E-state index contributed by atoms with van der Waals surface area (Å²) in [5.74, 6) is 0. The molecule has 1 heterocycles. The van der Waals surface area contributed by atoms with Crippen molar-refractivity contribution in [2.24, 2.45) is 0 Å². The zero-order chi connectivity index (χ0) is 7.68. The molecule has 0 aliphatic heterocycles. The van der Waals surface area contributed by atoms with Crippen LogP contribution in [0.1, 0.15) is 0 Å². The van der Waals surface area contributed by atoms with Crippen molar-refractivity contribution in [3.05, 3.63) is 29.0 Å². The second-order valence-electron chi connectivity index (χ2n) is 2.23. The van der Waals surface area contributed by atoms with E-state index in [1.165, 1.54) is 4.70 Å². The normalized spacial score (nSPS) is 10.3. The molecule has 0 unspecified atom stereocenters. The second kappa shape index (κ2) is 2.51. The molecule has 0 aliphatic rings. The van der Waals surface area contributed by atoms with E-state index in [2.05, 4.69) is 10.3 Å². The van der Waals surface area contributed by atoms with Crippen LogP contribution in [-0.2, 0) is 0 Å². The zero-order valence-electron chi connectivity index (χ0n) is 6.11. The van der Waals surface area contributed by atoms with Gasteiger partial charge in [0.05, 0.1) is 15.7 Å². The number of rotatable bonds is 1. The molecule has 0 saturated heterocycles. The highest BCUT2D eigenvalue weighted by Crippen LogP contribution is 2.24. The van der Waals surface area contributed by atoms with Gasteiger partial charge in [0.15, 0.2) is 0 Å². The van der Waals surface area contributed by atoms with Crippen LogP contribution in [0.3, 0.4) is 0 Å². The van der Waals surface area contributed by atoms with E-state index in [1.54, 1.807) is 18.4 Å².